The topological polar surface area (TPSA) is 80.5 Å². The maximum atomic E-state index is 13.3. The molecule has 2 aromatic rings. The van der Waals surface area contributed by atoms with Crippen LogP contribution in [-0.4, -0.2) is 14.8 Å². The highest BCUT2D eigenvalue weighted by Crippen LogP contribution is 2.24. The van der Waals surface area contributed by atoms with Crippen molar-refractivity contribution in [2.45, 2.75) is 0 Å². The van der Waals surface area contributed by atoms with E-state index in [1.54, 1.807) is 6.07 Å². The largest absolute Gasteiger partial charge is 0.397 e. The standard InChI is InChI=1S/C9H5BrFN5/c10-5-1-7(13)8(2-6(5)11)16-4-14-9(3-12)15-16/h1-2,4H,13H2. The van der Waals surface area contributed by atoms with Gasteiger partial charge in [0.05, 0.1) is 15.8 Å². The number of nitrogen functional groups attached to an aromatic ring is 1. The lowest BCUT2D eigenvalue weighted by Gasteiger charge is -2.05. The van der Waals surface area contributed by atoms with E-state index in [0.717, 1.165) is 0 Å². The van der Waals surface area contributed by atoms with Crippen LogP contribution in [0.15, 0.2) is 22.9 Å². The van der Waals surface area contributed by atoms with Crippen molar-refractivity contribution in [1.29, 1.82) is 5.26 Å². The third-order valence-corrected chi connectivity index (χ3v) is 2.52. The predicted octanol–water partition coefficient (Wildman–Crippen LogP) is 1.62. The molecule has 2 rings (SSSR count). The number of anilines is 1. The van der Waals surface area contributed by atoms with Crippen molar-refractivity contribution in [2.24, 2.45) is 0 Å². The quantitative estimate of drug-likeness (QED) is 0.806. The number of aromatic nitrogens is 3. The van der Waals surface area contributed by atoms with Crippen LogP contribution < -0.4 is 5.73 Å². The molecule has 0 aliphatic rings. The summed E-state index contributed by atoms with van der Waals surface area (Å²) in [5, 5.41) is 12.4. The molecule has 2 N–H and O–H groups in total. The minimum atomic E-state index is -0.460. The van der Waals surface area contributed by atoms with Gasteiger partial charge in [0.2, 0.25) is 0 Å². The fraction of sp³-hybridized carbons (Fsp3) is 0. The number of nitrogens with two attached hydrogens (primary N) is 1. The molecule has 0 amide bonds. The third-order valence-electron chi connectivity index (χ3n) is 1.91. The van der Waals surface area contributed by atoms with Crippen LogP contribution in [0.25, 0.3) is 5.69 Å². The first-order valence-electron chi connectivity index (χ1n) is 4.18. The minimum Gasteiger partial charge on any atom is -0.397 e. The Labute approximate surface area is 98.4 Å². The molecule has 0 bridgehead atoms. The summed E-state index contributed by atoms with van der Waals surface area (Å²) in [6.45, 7) is 0. The lowest BCUT2D eigenvalue weighted by atomic mass is 10.2. The van der Waals surface area contributed by atoms with Gasteiger partial charge in [-0.15, -0.1) is 5.10 Å². The van der Waals surface area contributed by atoms with E-state index in [9.17, 15) is 4.39 Å². The van der Waals surface area contributed by atoms with E-state index in [0.29, 0.717) is 11.4 Å². The van der Waals surface area contributed by atoms with Crippen molar-refractivity contribution in [3.8, 4) is 11.8 Å². The first kappa shape index (κ1) is 10.6. The summed E-state index contributed by atoms with van der Waals surface area (Å²) in [6.07, 6.45) is 1.30. The number of hydrogen-bond donors (Lipinski definition) is 1. The molecule has 0 saturated heterocycles. The number of rotatable bonds is 1. The molecule has 0 aliphatic heterocycles. The first-order chi connectivity index (χ1) is 7.61. The van der Waals surface area contributed by atoms with Gasteiger partial charge in [0.1, 0.15) is 18.2 Å². The van der Waals surface area contributed by atoms with Gasteiger partial charge < -0.3 is 5.73 Å². The van der Waals surface area contributed by atoms with E-state index in [1.807, 2.05) is 0 Å². The molecule has 0 unspecified atom stereocenters. The zero-order valence-corrected chi connectivity index (χ0v) is 9.44. The van der Waals surface area contributed by atoms with Gasteiger partial charge in [-0.1, -0.05) is 0 Å². The van der Waals surface area contributed by atoms with Gasteiger partial charge >= 0.3 is 0 Å². The summed E-state index contributed by atoms with van der Waals surface area (Å²) in [4.78, 5) is 3.71. The lowest BCUT2D eigenvalue weighted by Crippen LogP contribution is -2.01. The molecular formula is C9H5BrFN5. The summed E-state index contributed by atoms with van der Waals surface area (Å²) in [6, 6.07) is 4.42. The van der Waals surface area contributed by atoms with Crippen molar-refractivity contribution in [3.63, 3.8) is 0 Å². The van der Waals surface area contributed by atoms with Gasteiger partial charge in [0.15, 0.2) is 0 Å². The van der Waals surface area contributed by atoms with Crippen LogP contribution in [0.1, 0.15) is 5.82 Å². The molecule has 16 heavy (non-hydrogen) atoms. The Hall–Kier alpha value is -1.94. The van der Waals surface area contributed by atoms with Crippen LogP contribution in [-0.2, 0) is 0 Å². The van der Waals surface area contributed by atoms with Crippen molar-refractivity contribution >= 4 is 21.6 Å². The average Bonchev–Trinajstić information content (AvgIpc) is 2.71. The van der Waals surface area contributed by atoms with E-state index in [-0.39, 0.29) is 10.3 Å². The second-order valence-corrected chi connectivity index (χ2v) is 3.80. The Morgan fingerprint density at radius 3 is 2.88 bits per heavy atom. The molecule has 0 radical (unpaired) electrons. The predicted molar refractivity (Wildman–Crippen MR) is 58.1 cm³/mol. The summed E-state index contributed by atoms with van der Waals surface area (Å²) in [5.41, 5.74) is 6.38. The second kappa shape index (κ2) is 3.90. The number of nitrogens with zero attached hydrogens (tertiary/aromatic N) is 4. The molecule has 0 fully saturated rings. The second-order valence-electron chi connectivity index (χ2n) is 2.95. The van der Waals surface area contributed by atoms with Crippen molar-refractivity contribution < 1.29 is 4.39 Å². The van der Waals surface area contributed by atoms with E-state index < -0.39 is 5.82 Å². The monoisotopic (exact) mass is 281 g/mol. The Kier molecular flexibility index (Phi) is 2.58. The van der Waals surface area contributed by atoms with Crippen LogP contribution in [0.5, 0.6) is 0 Å². The Morgan fingerprint density at radius 2 is 2.25 bits per heavy atom. The molecule has 0 spiro atoms. The van der Waals surface area contributed by atoms with Gasteiger partial charge in [0, 0.05) is 6.07 Å². The Bertz CT molecular complexity index is 586. The average molecular weight is 282 g/mol. The van der Waals surface area contributed by atoms with E-state index in [4.69, 9.17) is 11.0 Å². The van der Waals surface area contributed by atoms with Crippen LogP contribution in [0.2, 0.25) is 0 Å². The Morgan fingerprint density at radius 1 is 1.50 bits per heavy atom. The minimum absolute atomic E-state index is 0.00252. The molecule has 5 nitrogen and oxygen atoms in total. The highest BCUT2D eigenvalue weighted by Gasteiger charge is 2.09. The molecule has 1 aromatic carbocycles. The Balaban J connectivity index is 2.56. The first-order valence-corrected chi connectivity index (χ1v) is 4.98. The van der Waals surface area contributed by atoms with Crippen LogP contribution in [0.3, 0.4) is 0 Å². The molecule has 1 aromatic heterocycles. The van der Waals surface area contributed by atoms with Gasteiger partial charge in [-0.3, -0.25) is 0 Å². The molecule has 80 valence electrons. The fourth-order valence-electron chi connectivity index (χ4n) is 1.18. The summed E-state index contributed by atoms with van der Waals surface area (Å²) < 4.78 is 14.8. The summed E-state index contributed by atoms with van der Waals surface area (Å²) in [5.74, 6) is -0.457. The van der Waals surface area contributed by atoms with Crippen molar-refractivity contribution in [1.82, 2.24) is 14.8 Å². The SMILES string of the molecule is N#Cc1ncn(-c2cc(F)c(Br)cc2N)n1. The normalized spacial score (nSPS) is 10.1. The van der Waals surface area contributed by atoms with Gasteiger partial charge in [0.25, 0.3) is 5.82 Å². The molecule has 7 heteroatoms. The summed E-state index contributed by atoms with van der Waals surface area (Å²) in [7, 11) is 0. The molecule has 0 saturated carbocycles. The number of nitriles is 1. The van der Waals surface area contributed by atoms with Crippen LogP contribution in [0, 0.1) is 17.1 Å². The lowest BCUT2D eigenvalue weighted by molar-refractivity contribution is 0.619. The molecular weight excluding hydrogens is 277 g/mol. The van der Waals surface area contributed by atoms with E-state index in [1.165, 1.54) is 23.1 Å². The van der Waals surface area contributed by atoms with E-state index >= 15 is 0 Å². The van der Waals surface area contributed by atoms with Crippen molar-refractivity contribution in [3.05, 3.63) is 34.6 Å². The van der Waals surface area contributed by atoms with Crippen LogP contribution in [0.4, 0.5) is 10.1 Å². The molecule has 0 aliphatic carbocycles. The van der Waals surface area contributed by atoms with Crippen LogP contribution >= 0.6 is 15.9 Å². The summed E-state index contributed by atoms with van der Waals surface area (Å²) >= 11 is 3.02. The van der Waals surface area contributed by atoms with Gasteiger partial charge in [-0.2, -0.15) is 5.26 Å². The highest BCUT2D eigenvalue weighted by molar-refractivity contribution is 9.10. The maximum Gasteiger partial charge on any atom is 0.252 e. The highest BCUT2D eigenvalue weighted by atomic mass is 79.9. The van der Waals surface area contributed by atoms with Gasteiger partial charge in [-0.25, -0.2) is 14.1 Å². The molecule has 1 heterocycles. The van der Waals surface area contributed by atoms with Gasteiger partial charge in [-0.05, 0) is 22.0 Å². The maximum absolute atomic E-state index is 13.3. The smallest absolute Gasteiger partial charge is 0.252 e. The molecule has 0 atom stereocenters. The zero-order chi connectivity index (χ0) is 11.7. The van der Waals surface area contributed by atoms with Crippen molar-refractivity contribution in [2.75, 3.05) is 5.73 Å². The number of halogens is 2. The third kappa shape index (κ3) is 1.75. The number of hydrogen-bond acceptors (Lipinski definition) is 4. The zero-order valence-electron chi connectivity index (χ0n) is 7.85. The number of benzene rings is 1. The fourth-order valence-corrected chi connectivity index (χ4v) is 1.54. The van der Waals surface area contributed by atoms with E-state index in [2.05, 4.69) is 26.0 Å².